The van der Waals surface area contributed by atoms with Gasteiger partial charge in [-0.05, 0) is 41.8 Å². The summed E-state index contributed by atoms with van der Waals surface area (Å²) in [6, 6.07) is 6.50. The number of hydrogen-bond donors (Lipinski definition) is 0. The zero-order valence-corrected chi connectivity index (χ0v) is 11.7. The van der Waals surface area contributed by atoms with Crippen LogP contribution in [0.4, 0.5) is 0 Å². The average Bonchev–Trinajstić information content (AvgIpc) is 2.38. The Labute approximate surface area is 112 Å². The first kappa shape index (κ1) is 15.2. The fourth-order valence-corrected chi connectivity index (χ4v) is 2.08. The molecule has 0 aliphatic rings. The first-order valence-electron chi connectivity index (χ1n) is 6.56. The van der Waals surface area contributed by atoms with Gasteiger partial charge in [0.25, 0.3) is 0 Å². The van der Waals surface area contributed by atoms with Gasteiger partial charge >= 0.3 is 0 Å². The molecule has 0 fully saturated rings. The minimum absolute atomic E-state index is 0.293. The predicted molar refractivity (Wildman–Crippen MR) is 72.5 cm³/mol. The molecule has 3 nitrogen and oxygen atoms in total. The van der Waals surface area contributed by atoms with Crippen molar-refractivity contribution < 1.29 is 13.5 Å². The van der Waals surface area contributed by atoms with E-state index in [0.29, 0.717) is 11.5 Å². The Bertz CT molecular complexity index is 349. The lowest BCUT2D eigenvalue weighted by Crippen LogP contribution is -1.97. The van der Waals surface area contributed by atoms with Crippen LogP contribution in [0, 0.1) is 0 Å². The van der Waals surface area contributed by atoms with E-state index >= 15 is 0 Å². The van der Waals surface area contributed by atoms with Crippen LogP contribution in [0.2, 0.25) is 0 Å². The molecule has 4 heteroatoms. The summed E-state index contributed by atoms with van der Waals surface area (Å²) in [6.45, 7) is 2.91. The summed E-state index contributed by atoms with van der Waals surface area (Å²) in [7, 11) is 0. The lowest BCUT2D eigenvalue weighted by molar-refractivity contribution is 0.304. The molecule has 0 aromatic heterocycles. The van der Waals surface area contributed by atoms with Crippen molar-refractivity contribution in [2.75, 3.05) is 6.61 Å². The minimum atomic E-state index is -2.15. The molecule has 0 heterocycles. The van der Waals surface area contributed by atoms with E-state index < -0.39 is 11.1 Å². The fraction of sp³-hybridized carbons (Fsp3) is 0.571. The lowest BCUT2D eigenvalue weighted by atomic mass is 10.1. The van der Waals surface area contributed by atoms with Gasteiger partial charge < -0.3 is 9.29 Å². The molecule has 102 valence electrons. The number of hydrogen-bond acceptors (Lipinski definition) is 3. The van der Waals surface area contributed by atoms with Crippen LogP contribution in [-0.4, -0.2) is 15.4 Å². The van der Waals surface area contributed by atoms with E-state index in [1.165, 1.54) is 32.1 Å². The van der Waals surface area contributed by atoms with E-state index in [4.69, 9.17) is 4.74 Å². The van der Waals surface area contributed by atoms with Crippen LogP contribution in [0.15, 0.2) is 29.2 Å². The van der Waals surface area contributed by atoms with Crippen LogP contribution in [0.1, 0.15) is 45.4 Å². The van der Waals surface area contributed by atoms with Gasteiger partial charge in [0.2, 0.25) is 0 Å². The van der Waals surface area contributed by atoms with Crippen LogP contribution in [0.25, 0.3) is 0 Å². The quantitative estimate of drug-likeness (QED) is 0.507. The molecule has 0 amide bonds. The van der Waals surface area contributed by atoms with Crippen molar-refractivity contribution in [2.24, 2.45) is 0 Å². The summed E-state index contributed by atoms with van der Waals surface area (Å²) in [4.78, 5) is 0.293. The van der Waals surface area contributed by atoms with Crippen LogP contribution in [-0.2, 0) is 11.1 Å². The molecule has 18 heavy (non-hydrogen) atoms. The van der Waals surface area contributed by atoms with Gasteiger partial charge in [-0.15, -0.1) is 0 Å². The zero-order chi connectivity index (χ0) is 13.2. The summed E-state index contributed by atoms with van der Waals surface area (Å²) < 4.78 is 26.9. The van der Waals surface area contributed by atoms with Crippen LogP contribution < -0.4 is 4.74 Å². The normalized spacial score (nSPS) is 12.3. The van der Waals surface area contributed by atoms with Gasteiger partial charge in [0, 0.05) is 4.90 Å². The third-order valence-electron chi connectivity index (χ3n) is 2.78. The number of rotatable bonds is 9. The maximum absolute atomic E-state index is 10.7. The molecular weight excluding hydrogens is 248 g/mol. The van der Waals surface area contributed by atoms with Crippen molar-refractivity contribution in [1.29, 1.82) is 0 Å². The van der Waals surface area contributed by atoms with Gasteiger partial charge in [0.15, 0.2) is 0 Å². The van der Waals surface area contributed by atoms with Gasteiger partial charge in [0.1, 0.15) is 5.75 Å². The Kier molecular flexibility index (Phi) is 7.69. The summed E-state index contributed by atoms with van der Waals surface area (Å²) in [5.41, 5.74) is 0. The van der Waals surface area contributed by atoms with Crippen LogP contribution in [0.3, 0.4) is 0 Å². The standard InChI is InChI=1S/C14H22O3S/c1-2-3-4-5-6-7-12-17-13-8-10-14(11-9-13)18(15)16/h8-11H,2-7,12H2,1H3,(H,15,16)/p-1. The average molecular weight is 269 g/mol. The van der Waals surface area contributed by atoms with Crippen molar-refractivity contribution in [3.63, 3.8) is 0 Å². The molecule has 0 saturated carbocycles. The lowest BCUT2D eigenvalue weighted by Gasteiger charge is -2.08. The SMILES string of the molecule is CCCCCCCCOc1ccc(S(=O)[O-])cc1. The van der Waals surface area contributed by atoms with E-state index in [0.717, 1.165) is 12.2 Å². The summed E-state index contributed by atoms with van der Waals surface area (Å²) >= 11 is -2.15. The third kappa shape index (κ3) is 6.17. The van der Waals surface area contributed by atoms with E-state index in [-0.39, 0.29) is 0 Å². The highest BCUT2D eigenvalue weighted by Crippen LogP contribution is 2.14. The largest absolute Gasteiger partial charge is 0.768 e. The first-order chi connectivity index (χ1) is 8.74. The second kappa shape index (κ2) is 9.11. The molecule has 1 aromatic carbocycles. The molecule has 0 saturated heterocycles. The molecule has 0 radical (unpaired) electrons. The molecule has 1 atom stereocenters. The highest BCUT2D eigenvalue weighted by atomic mass is 32.2. The maximum Gasteiger partial charge on any atom is 0.119 e. The first-order valence-corrected chi connectivity index (χ1v) is 7.63. The summed E-state index contributed by atoms with van der Waals surface area (Å²) in [5.74, 6) is 0.734. The van der Waals surface area contributed by atoms with E-state index in [2.05, 4.69) is 6.92 Å². The number of benzene rings is 1. The Morgan fingerprint density at radius 3 is 2.28 bits per heavy atom. The second-order valence-electron chi connectivity index (χ2n) is 4.32. The molecule has 0 aliphatic carbocycles. The summed E-state index contributed by atoms with van der Waals surface area (Å²) in [6.07, 6.45) is 7.41. The fourth-order valence-electron chi connectivity index (χ4n) is 1.72. The monoisotopic (exact) mass is 269 g/mol. The molecule has 1 unspecified atom stereocenters. The predicted octanol–water partition coefficient (Wildman–Crippen LogP) is 3.66. The Morgan fingerprint density at radius 1 is 1.06 bits per heavy atom. The van der Waals surface area contributed by atoms with E-state index in [9.17, 15) is 8.76 Å². The highest BCUT2D eigenvalue weighted by molar-refractivity contribution is 7.79. The van der Waals surface area contributed by atoms with Crippen molar-refractivity contribution in [2.45, 2.75) is 50.3 Å². The minimum Gasteiger partial charge on any atom is -0.768 e. The molecule has 0 spiro atoms. The molecule has 0 aliphatic heterocycles. The molecule has 1 aromatic rings. The van der Waals surface area contributed by atoms with Crippen molar-refractivity contribution in [1.82, 2.24) is 0 Å². The molecule has 0 N–H and O–H groups in total. The van der Waals surface area contributed by atoms with Gasteiger partial charge in [0.05, 0.1) is 6.61 Å². The Morgan fingerprint density at radius 2 is 1.67 bits per heavy atom. The molecular formula is C14H21O3S-. The van der Waals surface area contributed by atoms with E-state index in [1.54, 1.807) is 24.3 Å². The summed E-state index contributed by atoms with van der Waals surface area (Å²) in [5, 5.41) is 0. The number of unbranched alkanes of at least 4 members (excludes halogenated alkanes) is 5. The highest BCUT2D eigenvalue weighted by Gasteiger charge is 1.96. The van der Waals surface area contributed by atoms with Crippen molar-refractivity contribution >= 4 is 11.1 Å². The van der Waals surface area contributed by atoms with Crippen LogP contribution >= 0.6 is 0 Å². The molecule has 1 rings (SSSR count). The third-order valence-corrected chi connectivity index (χ3v) is 3.44. The van der Waals surface area contributed by atoms with Gasteiger partial charge in [-0.3, -0.25) is 4.21 Å². The zero-order valence-electron chi connectivity index (χ0n) is 10.9. The topological polar surface area (TPSA) is 49.4 Å². The Balaban J connectivity index is 2.14. The van der Waals surface area contributed by atoms with Crippen LogP contribution in [0.5, 0.6) is 5.75 Å². The van der Waals surface area contributed by atoms with Gasteiger partial charge in [-0.1, -0.05) is 39.0 Å². The van der Waals surface area contributed by atoms with E-state index in [1.807, 2.05) is 0 Å². The van der Waals surface area contributed by atoms with Crippen molar-refractivity contribution in [3.05, 3.63) is 24.3 Å². The Hall–Kier alpha value is -0.870. The maximum atomic E-state index is 10.7. The van der Waals surface area contributed by atoms with Gasteiger partial charge in [-0.2, -0.15) is 0 Å². The molecule has 0 bridgehead atoms. The smallest absolute Gasteiger partial charge is 0.119 e. The number of ether oxygens (including phenoxy) is 1. The van der Waals surface area contributed by atoms with Gasteiger partial charge in [-0.25, -0.2) is 0 Å². The van der Waals surface area contributed by atoms with Crippen molar-refractivity contribution in [3.8, 4) is 5.75 Å². The second-order valence-corrected chi connectivity index (χ2v) is 5.26.